The lowest BCUT2D eigenvalue weighted by molar-refractivity contribution is -0.136. The zero-order chi connectivity index (χ0) is 16.5. The van der Waals surface area contributed by atoms with Crippen molar-refractivity contribution in [2.45, 2.75) is 82.8 Å². The minimum atomic E-state index is 0.254. The van der Waals surface area contributed by atoms with Crippen molar-refractivity contribution in [3.8, 4) is 0 Å². The number of rotatable bonds is 5. The van der Waals surface area contributed by atoms with E-state index in [-0.39, 0.29) is 5.91 Å². The topological polar surface area (TPSA) is 62.5 Å². The predicted molar refractivity (Wildman–Crippen MR) is 89.3 cm³/mol. The Labute approximate surface area is 143 Å². The van der Waals surface area contributed by atoms with Gasteiger partial charge in [-0.15, -0.1) is 0 Å². The monoisotopic (exact) mass is 332 g/mol. The van der Waals surface area contributed by atoms with Crippen LogP contribution >= 0.6 is 0 Å². The Morgan fingerprint density at radius 1 is 1.12 bits per heavy atom. The molecule has 1 amide bonds. The van der Waals surface area contributed by atoms with Gasteiger partial charge in [0.05, 0.1) is 6.54 Å². The Bertz CT molecular complexity index is 579. The fourth-order valence-corrected chi connectivity index (χ4v) is 4.08. The second kappa shape index (κ2) is 6.82. The van der Waals surface area contributed by atoms with Crippen LogP contribution in [0.3, 0.4) is 0 Å². The standard InChI is InChI=1S/C18H28N4O2/c1-13(23)22(15-4-2-5-15)16-6-3-10-21(11-9-16)12-17-19-18(20-24-17)14-7-8-14/h14-16H,2-12H2,1H3. The normalized spacial score (nSPS) is 26.0. The van der Waals surface area contributed by atoms with Gasteiger partial charge in [0.2, 0.25) is 11.8 Å². The van der Waals surface area contributed by atoms with Gasteiger partial charge in [-0.2, -0.15) is 4.98 Å². The molecule has 1 aliphatic heterocycles. The lowest BCUT2D eigenvalue weighted by atomic mass is 9.89. The number of hydrogen-bond donors (Lipinski definition) is 0. The van der Waals surface area contributed by atoms with Crippen LogP contribution in [-0.2, 0) is 11.3 Å². The van der Waals surface area contributed by atoms with Crippen LogP contribution in [0.25, 0.3) is 0 Å². The number of hydrogen-bond acceptors (Lipinski definition) is 5. The highest BCUT2D eigenvalue weighted by molar-refractivity contribution is 5.74. The molecule has 0 aromatic carbocycles. The van der Waals surface area contributed by atoms with Crippen LogP contribution in [0, 0.1) is 0 Å². The molecular formula is C18H28N4O2. The van der Waals surface area contributed by atoms with Gasteiger partial charge in [-0.3, -0.25) is 9.69 Å². The Hall–Kier alpha value is -1.43. The van der Waals surface area contributed by atoms with Gasteiger partial charge in [-0.1, -0.05) is 5.16 Å². The van der Waals surface area contributed by atoms with E-state index in [1.165, 1.54) is 32.1 Å². The Balaban J connectivity index is 1.33. The summed E-state index contributed by atoms with van der Waals surface area (Å²) in [6.45, 7) is 4.53. The Morgan fingerprint density at radius 2 is 1.88 bits per heavy atom. The van der Waals surface area contributed by atoms with E-state index in [0.717, 1.165) is 50.6 Å². The van der Waals surface area contributed by atoms with Crippen molar-refractivity contribution in [3.63, 3.8) is 0 Å². The van der Waals surface area contributed by atoms with Crippen LogP contribution in [0.4, 0.5) is 0 Å². The number of aromatic nitrogens is 2. The molecule has 2 heterocycles. The molecule has 1 atom stereocenters. The van der Waals surface area contributed by atoms with Gasteiger partial charge in [-0.05, 0) is 57.9 Å². The predicted octanol–water partition coefficient (Wildman–Crippen LogP) is 2.70. The maximum absolute atomic E-state index is 12.1. The summed E-state index contributed by atoms with van der Waals surface area (Å²) in [5.41, 5.74) is 0. The summed E-state index contributed by atoms with van der Waals surface area (Å²) in [6.07, 6.45) is 9.35. The third-order valence-electron chi connectivity index (χ3n) is 5.80. The van der Waals surface area contributed by atoms with Gasteiger partial charge in [-0.25, -0.2) is 0 Å². The highest BCUT2D eigenvalue weighted by Gasteiger charge is 2.33. The molecule has 4 rings (SSSR count). The fourth-order valence-electron chi connectivity index (χ4n) is 4.08. The molecule has 0 bridgehead atoms. The van der Waals surface area contributed by atoms with Crippen molar-refractivity contribution in [1.82, 2.24) is 19.9 Å². The van der Waals surface area contributed by atoms with E-state index in [4.69, 9.17) is 4.52 Å². The van der Waals surface area contributed by atoms with Crippen LogP contribution in [0.15, 0.2) is 4.52 Å². The first-order valence-corrected chi connectivity index (χ1v) is 9.54. The Kier molecular flexibility index (Phi) is 4.57. The van der Waals surface area contributed by atoms with E-state index in [2.05, 4.69) is 19.9 Å². The molecule has 6 nitrogen and oxygen atoms in total. The lowest BCUT2D eigenvalue weighted by Crippen LogP contribution is -2.49. The summed E-state index contributed by atoms with van der Waals surface area (Å²) < 4.78 is 5.42. The van der Waals surface area contributed by atoms with Crippen LogP contribution in [0.5, 0.6) is 0 Å². The number of carbonyl (C=O) groups excluding carboxylic acids is 1. The van der Waals surface area contributed by atoms with Gasteiger partial charge in [0.1, 0.15) is 0 Å². The zero-order valence-electron chi connectivity index (χ0n) is 14.6. The second-order valence-corrected chi connectivity index (χ2v) is 7.69. The summed E-state index contributed by atoms with van der Waals surface area (Å²) in [5.74, 6) is 2.44. The van der Waals surface area contributed by atoms with E-state index in [0.29, 0.717) is 18.0 Å². The van der Waals surface area contributed by atoms with Crippen molar-refractivity contribution in [3.05, 3.63) is 11.7 Å². The van der Waals surface area contributed by atoms with Crippen molar-refractivity contribution < 1.29 is 9.32 Å². The summed E-state index contributed by atoms with van der Waals surface area (Å²) in [6, 6.07) is 0.901. The third kappa shape index (κ3) is 3.48. The molecule has 1 aromatic rings. The first kappa shape index (κ1) is 16.1. The Morgan fingerprint density at radius 3 is 2.54 bits per heavy atom. The van der Waals surface area contributed by atoms with Crippen LogP contribution in [0.1, 0.15) is 75.9 Å². The maximum atomic E-state index is 12.1. The average Bonchev–Trinajstić information content (AvgIpc) is 3.29. The molecule has 6 heteroatoms. The summed E-state index contributed by atoms with van der Waals surface area (Å²) in [4.78, 5) is 21.3. The van der Waals surface area contributed by atoms with E-state index in [9.17, 15) is 4.79 Å². The SMILES string of the molecule is CC(=O)N(C1CCC1)C1CCCN(Cc2nc(C3CC3)no2)CC1. The van der Waals surface area contributed by atoms with Crippen molar-refractivity contribution in [1.29, 1.82) is 0 Å². The first-order chi connectivity index (χ1) is 11.7. The molecule has 0 radical (unpaired) electrons. The average molecular weight is 332 g/mol. The molecule has 24 heavy (non-hydrogen) atoms. The van der Waals surface area contributed by atoms with Gasteiger partial charge < -0.3 is 9.42 Å². The van der Waals surface area contributed by atoms with E-state index < -0.39 is 0 Å². The smallest absolute Gasteiger partial charge is 0.240 e. The summed E-state index contributed by atoms with van der Waals surface area (Å²) in [7, 11) is 0. The molecule has 2 saturated carbocycles. The minimum Gasteiger partial charge on any atom is -0.338 e. The van der Waals surface area contributed by atoms with Gasteiger partial charge in [0, 0.05) is 31.5 Å². The van der Waals surface area contributed by atoms with Crippen molar-refractivity contribution in [2.24, 2.45) is 0 Å². The number of nitrogens with zero attached hydrogens (tertiary/aromatic N) is 4. The van der Waals surface area contributed by atoms with Crippen LogP contribution in [0.2, 0.25) is 0 Å². The minimum absolute atomic E-state index is 0.254. The molecular weight excluding hydrogens is 304 g/mol. The van der Waals surface area contributed by atoms with Gasteiger partial charge in [0.15, 0.2) is 5.82 Å². The largest absolute Gasteiger partial charge is 0.338 e. The quantitative estimate of drug-likeness (QED) is 0.829. The van der Waals surface area contributed by atoms with Gasteiger partial charge >= 0.3 is 0 Å². The molecule has 3 aliphatic rings. The molecule has 0 N–H and O–H groups in total. The van der Waals surface area contributed by atoms with Crippen molar-refractivity contribution >= 4 is 5.91 Å². The first-order valence-electron chi connectivity index (χ1n) is 9.54. The maximum Gasteiger partial charge on any atom is 0.240 e. The zero-order valence-corrected chi connectivity index (χ0v) is 14.6. The highest BCUT2D eigenvalue weighted by atomic mass is 16.5. The number of likely N-dealkylation sites (tertiary alicyclic amines) is 1. The molecule has 132 valence electrons. The molecule has 1 saturated heterocycles. The van der Waals surface area contributed by atoms with E-state index >= 15 is 0 Å². The lowest BCUT2D eigenvalue weighted by Gasteiger charge is -2.42. The molecule has 0 spiro atoms. The fraction of sp³-hybridized carbons (Fsp3) is 0.833. The number of carbonyl (C=O) groups is 1. The van der Waals surface area contributed by atoms with Gasteiger partial charge in [0.25, 0.3) is 0 Å². The highest BCUT2D eigenvalue weighted by Crippen LogP contribution is 2.38. The van der Waals surface area contributed by atoms with E-state index in [1.807, 2.05) is 0 Å². The van der Waals surface area contributed by atoms with E-state index in [1.54, 1.807) is 6.92 Å². The third-order valence-corrected chi connectivity index (χ3v) is 5.80. The number of amides is 1. The van der Waals surface area contributed by atoms with Crippen LogP contribution < -0.4 is 0 Å². The molecule has 3 fully saturated rings. The molecule has 1 unspecified atom stereocenters. The summed E-state index contributed by atoms with van der Waals surface area (Å²) in [5, 5.41) is 4.11. The molecule has 1 aromatic heterocycles. The molecule has 2 aliphatic carbocycles. The van der Waals surface area contributed by atoms with Crippen LogP contribution in [-0.4, -0.2) is 51.0 Å². The van der Waals surface area contributed by atoms with Crippen molar-refractivity contribution in [2.75, 3.05) is 13.1 Å². The second-order valence-electron chi connectivity index (χ2n) is 7.69. The summed E-state index contributed by atoms with van der Waals surface area (Å²) >= 11 is 0.